The number of carbonyl (C=O) groups excluding carboxylic acids is 2. The van der Waals surface area contributed by atoms with Crippen LogP contribution in [0.5, 0.6) is 0 Å². The molecule has 0 spiro atoms. The molecule has 0 aliphatic carbocycles. The van der Waals surface area contributed by atoms with E-state index in [1.54, 1.807) is 27.7 Å². The molecule has 0 rings (SSSR count). The molecule has 72 valence electrons. The Kier molecular flexibility index (Phi) is 6.29. The Labute approximate surface area is 91.7 Å². The van der Waals surface area contributed by atoms with Crippen LogP contribution in [-0.2, 0) is 40.4 Å². The van der Waals surface area contributed by atoms with E-state index in [-0.39, 0.29) is 23.8 Å². The van der Waals surface area contributed by atoms with Gasteiger partial charge in [-0.25, -0.2) is 0 Å². The molecule has 0 aliphatic heterocycles. The minimum atomic E-state index is -2.18. The SMILES string of the molecule is CC(C)C(=O)[O][Hg][O]C(=O)C(C)C. The number of carbonyl (C=O) groups is 2. The van der Waals surface area contributed by atoms with Crippen LogP contribution >= 0.6 is 0 Å². The Hall–Kier alpha value is -0.125. The van der Waals surface area contributed by atoms with E-state index in [1.165, 1.54) is 0 Å². The fourth-order valence-corrected chi connectivity index (χ4v) is 4.20. The molecule has 0 aromatic rings. The summed E-state index contributed by atoms with van der Waals surface area (Å²) < 4.78 is 9.73. The molecule has 0 aliphatic rings. The normalized spacial score (nSPS) is 9.69. The molecular weight excluding hydrogens is 361 g/mol. The van der Waals surface area contributed by atoms with E-state index in [2.05, 4.69) is 0 Å². The zero-order valence-corrected chi connectivity index (χ0v) is 14.0. The Morgan fingerprint density at radius 3 is 1.46 bits per heavy atom. The van der Waals surface area contributed by atoms with Gasteiger partial charge < -0.3 is 0 Å². The monoisotopic (exact) mass is 376 g/mol. The Balaban J connectivity index is 3.57. The molecule has 0 aromatic carbocycles. The number of rotatable bonds is 4. The van der Waals surface area contributed by atoms with Crippen LogP contribution in [0.4, 0.5) is 0 Å². The standard InChI is InChI=1S/2C4H8O2.Hg/c2*1-3(2)4(5)6;/h2*3H,1-2H3,(H,5,6);/q;;+2/p-2. The van der Waals surface area contributed by atoms with Gasteiger partial charge in [0.05, 0.1) is 0 Å². The van der Waals surface area contributed by atoms with Crippen LogP contribution in [0, 0.1) is 11.8 Å². The predicted molar refractivity (Wildman–Crippen MR) is 41.9 cm³/mol. The molecule has 0 aromatic heterocycles. The Bertz CT molecular complexity index is 169. The first-order chi connectivity index (χ1) is 5.95. The molecule has 0 saturated heterocycles. The van der Waals surface area contributed by atoms with Crippen molar-refractivity contribution in [2.45, 2.75) is 27.7 Å². The fraction of sp³-hybridized carbons (Fsp3) is 0.750. The number of hydrogen-bond acceptors (Lipinski definition) is 4. The van der Waals surface area contributed by atoms with Gasteiger partial charge in [-0.1, -0.05) is 0 Å². The summed E-state index contributed by atoms with van der Waals surface area (Å²) in [5.41, 5.74) is 0. The van der Waals surface area contributed by atoms with Gasteiger partial charge in [-0.15, -0.1) is 0 Å². The topological polar surface area (TPSA) is 52.6 Å². The van der Waals surface area contributed by atoms with Gasteiger partial charge in [0.25, 0.3) is 0 Å². The summed E-state index contributed by atoms with van der Waals surface area (Å²) >= 11 is -2.18. The predicted octanol–water partition coefficient (Wildman–Crippen LogP) is 1.30. The first kappa shape index (κ1) is 12.9. The third-order valence-electron chi connectivity index (χ3n) is 1.35. The van der Waals surface area contributed by atoms with Crippen molar-refractivity contribution in [1.29, 1.82) is 0 Å². The third kappa shape index (κ3) is 6.02. The van der Waals surface area contributed by atoms with Crippen LogP contribution in [0.2, 0.25) is 0 Å². The van der Waals surface area contributed by atoms with Crippen molar-refractivity contribution in [3.05, 3.63) is 0 Å². The summed E-state index contributed by atoms with van der Waals surface area (Å²) in [6.07, 6.45) is 0. The molecule has 0 atom stereocenters. The number of hydrogen-bond donors (Lipinski definition) is 0. The first-order valence-corrected chi connectivity index (χ1v) is 8.77. The van der Waals surface area contributed by atoms with E-state index in [0.717, 1.165) is 0 Å². The maximum atomic E-state index is 10.9. The second-order valence-corrected chi connectivity index (χ2v) is 6.51. The van der Waals surface area contributed by atoms with Gasteiger partial charge in [0.1, 0.15) is 0 Å². The van der Waals surface area contributed by atoms with Crippen LogP contribution < -0.4 is 0 Å². The zero-order chi connectivity index (χ0) is 10.4. The molecule has 4 nitrogen and oxygen atoms in total. The summed E-state index contributed by atoms with van der Waals surface area (Å²) in [7, 11) is 0. The van der Waals surface area contributed by atoms with Crippen molar-refractivity contribution < 1.29 is 40.4 Å². The van der Waals surface area contributed by atoms with E-state index >= 15 is 0 Å². The summed E-state index contributed by atoms with van der Waals surface area (Å²) in [5.74, 6) is -0.813. The molecule has 0 unspecified atom stereocenters. The Morgan fingerprint density at radius 1 is 0.923 bits per heavy atom. The van der Waals surface area contributed by atoms with Gasteiger partial charge >= 0.3 is 91.8 Å². The molecule has 5 heteroatoms. The second kappa shape index (κ2) is 6.35. The molecule has 0 amide bonds. The van der Waals surface area contributed by atoms with Crippen LogP contribution in [0.1, 0.15) is 27.7 Å². The summed E-state index contributed by atoms with van der Waals surface area (Å²) in [6, 6.07) is 0. The summed E-state index contributed by atoms with van der Waals surface area (Å²) in [5, 5.41) is 0. The minimum absolute atomic E-state index is 0.141. The van der Waals surface area contributed by atoms with Crippen LogP contribution in [-0.4, -0.2) is 11.9 Å². The van der Waals surface area contributed by atoms with E-state index in [1.807, 2.05) is 0 Å². The molecular formula is C8H14HgO4. The van der Waals surface area contributed by atoms with E-state index in [4.69, 9.17) is 5.29 Å². The van der Waals surface area contributed by atoms with Crippen LogP contribution in [0.25, 0.3) is 0 Å². The molecule has 0 saturated carbocycles. The van der Waals surface area contributed by atoms with E-state index < -0.39 is 25.5 Å². The van der Waals surface area contributed by atoms with Crippen molar-refractivity contribution in [2.75, 3.05) is 0 Å². The molecule has 0 bridgehead atoms. The van der Waals surface area contributed by atoms with Crippen molar-refractivity contribution >= 4 is 11.9 Å². The average molecular weight is 375 g/mol. The third-order valence-corrected chi connectivity index (χ3v) is 4.47. The van der Waals surface area contributed by atoms with Crippen molar-refractivity contribution in [3.8, 4) is 0 Å². The van der Waals surface area contributed by atoms with E-state index in [0.29, 0.717) is 0 Å². The molecule has 0 fully saturated rings. The molecule has 0 radical (unpaired) electrons. The molecule has 0 heterocycles. The second-order valence-electron chi connectivity index (χ2n) is 3.35. The van der Waals surface area contributed by atoms with Crippen molar-refractivity contribution in [2.24, 2.45) is 11.8 Å². The first-order valence-electron chi connectivity index (χ1n) is 4.28. The van der Waals surface area contributed by atoms with Gasteiger partial charge in [-0.3, -0.25) is 0 Å². The van der Waals surface area contributed by atoms with Gasteiger partial charge in [0.2, 0.25) is 0 Å². The van der Waals surface area contributed by atoms with Crippen molar-refractivity contribution in [3.63, 3.8) is 0 Å². The van der Waals surface area contributed by atoms with Crippen LogP contribution in [0.15, 0.2) is 0 Å². The summed E-state index contributed by atoms with van der Waals surface area (Å²) in [6.45, 7) is 7.00. The van der Waals surface area contributed by atoms with Gasteiger partial charge in [0, 0.05) is 0 Å². The van der Waals surface area contributed by atoms with Gasteiger partial charge in [0.15, 0.2) is 0 Å². The summed E-state index contributed by atoms with van der Waals surface area (Å²) in [4.78, 5) is 21.9. The van der Waals surface area contributed by atoms with Crippen LogP contribution in [0.3, 0.4) is 0 Å². The maximum absolute atomic E-state index is 10.9. The molecule has 0 N–H and O–H groups in total. The Morgan fingerprint density at radius 2 is 1.23 bits per heavy atom. The van der Waals surface area contributed by atoms with Gasteiger partial charge in [-0.2, -0.15) is 0 Å². The van der Waals surface area contributed by atoms with E-state index in [9.17, 15) is 9.59 Å². The molecule has 13 heavy (non-hydrogen) atoms. The fourth-order valence-electron chi connectivity index (χ4n) is 0.479. The zero-order valence-electron chi connectivity index (χ0n) is 8.49. The van der Waals surface area contributed by atoms with Crippen molar-refractivity contribution in [1.82, 2.24) is 0 Å². The van der Waals surface area contributed by atoms with Gasteiger partial charge in [-0.05, 0) is 0 Å². The average Bonchev–Trinajstić information content (AvgIpc) is 2.03. The quantitative estimate of drug-likeness (QED) is 0.696.